The van der Waals surface area contributed by atoms with Crippen molar-refractivity contribution in [1.82, 2.24) is 5.48 Å². The molecular weight excluding hydrogens is 277 g/mol. The standard InChI is InChI=1S/C2H8N2O.Po.2H/c3-1-2-4-5;;;/h4-5H,1-3H2;;;. The third-order valence-corrected chi connectivity index (χ3v) is 0.256. The summed E-state index contributed by atoms with van der Waals surface area (Å²) in [6.45, 7) is 0.955. The molecule has 0 bridgehead atoms. The molecule has 6 heavy (non-hydrogen) atoms. The summed E-state index contributed by atoms with van der Waals surface area (Å²) in [6, 6.07) is 0. The minimum absolute atomic E-state index is 0. The first kappa shape index (κ1) is 9.91. The molecule has 0 atom stereocenters. The average molecular weight is 287 g/mol. The zero-order chi connectivity index (χ0) is 4.12. The van der Waals surface area contributed by atoms with E-state index in [0.29, 0.717) is 13.1 Å². The van der Waals surface area contributed by atoms with E-state index in [1.807, 2.05) is 5.48 Å². The molecule has 4 N–H and O–H groups in total. The van der Waals surface area contributed by atoms with Crippen LogP contribution >= 0.6 is 0 Å². The maximum atomic E-state index is 7.74. The zero-order valence-electron chi connectivity index (χ0n) is 3.44. The summed E-state index contributed by atoms with van der Waals surface area (Å²) in [5, 5.41) is 7.74. The van der Waals surface area contributed by atoms with Crippen molar-refractivity contribution in [2.45, 2.75) is 0 Å². The van der Waals surface area contributed by atoms with E-state index in [4.69, 9.17) is 10.9 Å². The summed E-state index contributed by atoms with van der Waals surface area (Å²) in [4.78, 5) is 0. The number of hydrogen-bond acceptors (Lipinski definition) is 3. The average Bonchev–Trinajstić information content (AvgIpc) is 1.41. The Morgan fingerprint density at radius 3 is 2.17 bits per heavy atom. The SMILES string of the molecule is NCCNO.[PoH2]. The molecule has 0 rings (SSSR count). The van der Waals surface area contributed by atoms with Crippen LogP contribution in [-0.2, 0) is 0 Å². The van der Waals surface area contributed by atoms with Gasteiger partial charge in [-0.15, -0.1) is 0 Å². The Bertz CT molecular complexity index is 19.0. The van der Waals surface area contributed by atoms with Crippen molar-refractivity contribution in [1.29, 1.82) is 0 Å². The van der Waals surface area contributed by atoms with Gasteiger partial charge in [0.1, 0.15) is 0 Å². The molecule has 0 aromatic carbocycles. The van der Waals surface area contributed by atoms with E-state index in [0.717, 1.165) is 0 Å². The van der Waals surface area contributed by atoms with Crippen molar-refractivity contribution in [2.75, 3.05) is 13.1 Å². The van der Waals surface area contributed by atoms with Crippen LogP contribution in [0.25, 0.3) is 0 Å². The molecule has 0 amide bonds. The van der Waals surface area contributed by atoms with Gasteiger partial charge in [-0.05, 0) is 0 Å². The molecule has 0 aliphatic heterocycles. The second-order valence-corrected chi connectivity index (χ2v) is 0.697. The zero-order valence-corrected chi connectivity index (χ0v) is 7.33. The maximum absolute atomic E-state index is 7.74. The van der Waals surface area contributed by atoms with Crippen LogP contribution in [0.15, 0.2) is 0 Å². The Morgan fingerprint density at radius 1 is 1.67 bits per heavy atom. The molecule has 0 saturated carbocycles. The molecule has 0 radical (unpaired) electrons. The van der Waals surface area contributed by atoms with E-state index in [1.165, 1.54) is 0 Å². The Morgan fingerprint density at radius 2 is 2.17 bits per heavy atom. The van der Waals surface area contributed by atoms with E-state index >= 15 is 0 Å². The fraction of sp³-hybridized carbons (Fsp3) is 1.00. The fourth-order valence-corrected chi connectivity index (χ4v) is 0.0645. The van der Waals surface area contributed by atoms with E-state index in [9.17, 15) is 0 Å². The third-order valence-electron chi connectivity index (χ3n) is 0.256. The topological polar surface area (TPSA) is 58.3 Å². The van der Waals surface area contributed by atoms with Crippen molar-refractivity contribution in [3.05, 3.63) is 0 Å². The van der Waals surface area contributed by atoms with E-state index in [2.05, 4.69) is 0 Å². The molecular formula is C2H10N2OPo. The number of hydroxylamine groups is 1. The molecule has 0 aliphatic rings. The van der Waals surface area contributed by atoms with Crippen molar-refractivity contribution in [3.8, 4) is 0 Å². The third kappa shape index (κ3) is 8.84. The first-order chi connectivity index (χ1) is 2.41. The summed E-state index contributed by atoms with van der Waals surface area (Å²) in [5.74, 6) is 0. The summed E-state index contributed by atoms with van der Waals surface area (Å²) < 4.78 is 0. The molecule has 0 fully saturated rings. The molecule has 0 heterocycles. The van der Waals surface area contributed by atoms with Gasteiger partial charge in [0.05, 0.1) is 0 Å². The monoisotopic (exact) mass is 287 g/mol. The fourth-order valence-electron chi connectivity index (χ4n) is 0.0645. The van der Waals surface area contributed by atoms with Gasteiger partial charge in [-0.2, -0.15) is 0 Å². The molecule has 0 saturated heterocycles. The van der Waals surface area contributed by atoms with Gasteiger partial charge >= 0.3 is 26.6 Å². The predicted octanol–water partition coefficient (Wildman–Crippen LogP) is -1.99. The van der Waals surface area contributed by atoms with Crippen molar-refractivity contribution >= 4 is 26.6 Å². The quantitative estimate of drug-likeness (QED) is 0.515. The first-order valence-corrected chi connectivity index (χ1v) is 1.49. The van der Waals surface area contributed by atoms with Crippen LogP contribution in [0.3, 0.4) is 0 Å². The van der Waals surface area contributed by atoms with Crippen molar-refractivity contribution in [2.24, 2.45) is 5.73 Å². The molecule has 0 aromatic rings. The van der Waals surface area contributed by atoms with Crippen LogP contribution in [0.4, 0.5) is 0 Å². The van der Waals surface area contributed by atoms with Gasteiger partial charge in [0.2, 0.25) is 0 Å². The first-order valence-electron chi connectivity index (χ1n) is 1.49. The molecule has 3 nitrogen and oxygen atoms in total. The van der Waals surface area contributed by atoms with Gasteiger partial charge in [0.15, 0.2) is 0 Å². The van der Waals surface area contributed by atoms with Gasteiger partial charge in [0.25, 0.3) is 0 Å². The van der Waals surface area contributed by atoms with Gasteiger partial charge in [-0.1, -0.05) is 0 Å². The molecule has 0 aliphatic carbocycles. The Labute approximate surface area is 56.3 Å². The Hall–Kier alpha value is 0.776. The van der Waals surface area contributed by atoms with Crippen LogP contribution in [0.5, 0.6) is 0 Å². The van der Waals surface area contributed by atoms with Crippen LogP contribution in [0.1, 0.15) is 0 Å². The minimum atomic E-state index is 0. The number of hydrogen-bond donors (Lipinski definition) is 3. The second-order valence-electron chi connectivity index (χ2n) is 0.697. The van der Waals surface area contributed by atoms with Crippen LogP contribution in [0.2, 0.25) is 0 Å². The van der Waals surface area contributed by atoms with Crippen LogP contribution in [0, 0.1) is 0 Å². The summed E-state index contributed by atoms with van der Waals surface area (Å²) in [7, 11) is 0. The van der Waals surface area contributed by atoms with Crippen molar-refractivity contribution < 1.29 is 5.21 Å². The summed E-state index contributed by atoms with van der Waals surface area (Å²) in [6.07, 6.45) is 0. The van der Waals surface area contributed by atoms with Crippen LogP contribution < -0.4 is 11.2 Å². The molecule has 0 unspecified atom stereocenters. The van der Waals surface area contributed by atoms with Gasteiger partial charge < -0.3 is 10.9 Å². The van der Waals surface area contributed by atoms with E-state index < -0.39 is 0 Å². The Balaban J connectivity index is 0. The summed E-state index contributed by atoms with van der Waals surface area (Å²) >= 11 is 0. The number of rotatable bonds is 2. The van der Waals surface area contributed by atoms with Gasteiger partial charge in [0, 0.05) is 13.1 Å². The van der Waals surface area contributed by atoms with Crippen LogP contribution in [-0.4, -0.2) is 44.9 Å². The molecule has 4 heteroatoms. The van der Waals surface area contributed by atoms with E-state index in [1.54, 1.807) is 0 Å². The van der Waals surface area contributed by atoms with Gasteiger partial charge in [-0.3, -0.25) is 0 Å². The summed E-state index contributed by atoms with van der Waals surface area (Å²) in [5.41, 5.74) is 6.81. The number of nitrogens with two attached hydrogens (primary N) is 1. The Kier molecular flexibility index (Phi) is 15.3. The normalized spacial score (nSPS) is 7.00. The molecule has 0 spiro atoms. The molecule has 0 aromatic heterocycles. The number of nitrogens with one attached hydrogen (secondary N) is 1. The second kappa shape index (κ2) is 9.24. The van der Waals surface area contributed by atoms with Gasteiger partial charge in [-0.25, -0.2) is 5.48 Å². The van der Waals surface area contributed by atoms with Crippen molar-refractivity contribution in [3.63, 3.8) is 0 Å². The predicted molar refractivity (Wildman–Crippen MR) is 27.4 cm³/mol. The van der Waals surface area contributed by atoms with E-state index in [-0.39, 0.29) is 26.6 Å². The molecule has 40 valence electrons.